The van der Waals surface area contributed by atoms with Crippen LogP contribution in [-0.4, -0.2) is 14.5 Å². The van der Waals surface area contributed by atoms with Crippen LogP contribution in [0.25, 0.3) is 22.4 Å². The van der Waals surface area contributed by atoms with Crippen LogP contribution in [-0.2, 0) is 0 Å². The number of imidazole rings is 1. The van der Waals surface area contributed by atoms with Crippen molar-refractivity contribution in [3.05, 3.63) is 47.8 Å². The Hall–Kier alpha value is -2.67. The number of pyridine rings is 1. The second kappa shape index (κ2) is 4.42. The van der Waals surface area contributed by atoms with Crippen molar-refractivity contribution < 1.29 is 0 Å². The summed E-state index contributed by atoms with van der Waals surface area (Å²) in [6, 6.07) is 12.5. The highest BCUT2D eigenvalue weighted by molar-refractivity contribution is 5.82. The van der Waals surface area contributed by atoms with Crippen LogP contribution in [0.1, 0.15) is 30.1 Å². The maximum absolute atomic E-state index is 9.06. The van der Waals surface area contributed by atoms with E-state index in [1.165, 1.54) is 12.8 Å². The van der Waals surface area contributed by atoms with Gasteiger partial charge in [0.1, 0.15) is 5.82 Å². The molecule has 2 aromatic heterocycles. The molecule has 0 bridgehead atoms. The maximum atomic E-state index is 9.06. The lowest BCUT2D eigenvalue weighted by Crippen LogP contribution is -1.99. The average molecular weight is 274 g/mol. The van der Waals surface area contributed by atoms with Crippen molar-refractivity contribution in [2.45, 2.75) is 25.8 Å². The Bertz CT molecular complexity index is 881. The van der Waals surface area contributed by atoms with Gasteiger partial charge >= 0.3 is 0 Å². The van der Waals surface area contributed by atoms with Gasteiger partial charge in [0.25, 0.3) is 0 Å². The summed E-state index contributed by atoms with van der Waals surface area (Å²) in [6.07, 6.45) is 4.19. The largest absolute Gasteiger partial charge is 0.321 e. The highest BCUT2D eigenvalue weighted by Gasteiger charge is 2.29. The molecule has 2 heterocycles. The molecule has 0 N–H and O–H groups in total. The van der Waals surface area contributed by atoms with Crippen LogP contribution in [0.5, 0.6) is 0 Å². The van der Waals surface area contributed by atoms with Gasteiger partial charge in [0, 0.05) is 23.5 Å². The summed E-state index contributed by atoms with van der Waals surface area (Å²) in [5.41, 5.74) is 4.70. The number of rotatable bonds is 2. The van der Waals surface area contributed by atoms with E-state index < -0.39 is 0 Å². The van der Waals surface area contributed by atoms with E-state index in [1.54, 1.807) is 6.20 Å². The molecule has 0 atom stereocenters. The topological polar surface area (TPSA) is 54.5 Å². The number of nitrogens with zero attached hydrogens (tertiary/aromatic N) is 4. The van der Waals surface area contributed by atoms with E-state index in [-0.39, 0.29) is 0 Å². The fourth-order valence-corrected chi connectivity index (χ4v) is 2.78. The molecule has 102 valence electrons. The van der Waals surface area contributed by atoms with Gasteiger partial charge in [-0.15, -0.1) is 0 Å². The molecule has 1 aliphatic carbocycles. The van der Waals surface area contributed by atoms with E-state index in [4.69, 9.17) is 10.2 Å². The van der Waals surface area contributed by atoms with Crippen LogP contribution in [0.15, 0.2) is 36.5 Å². The zero-order valence-corrected chi connectivity index (χ0v) is 11.7. The molecule has 4 nitrogen and oxygen atoms in total. The molecule has 21 heavy (non-hydrogen) atoms. The quantitative estimate of drug-likeness (QED) is 0.717. The van der Waals surface area contributed by atoms with Crippen molar-refractivity contribution in [3.63, 3.8) is 0 Å². The number of benzene rings is 1. The number of aromatic nitrogens is 3. The lowest BCUT2D eigenvalue weighted by atomic mass is 10.2. The number of nitriles is 1. The highest BCUT2D eigenvalue weighted by atomic mass is 15.1. The van der Waals surface area contributed by atoms with Crippen LogP contribution in [0, 0.1) is 18.3 Å². The average Bonchev–Trinajstić information content (AvgIpc) is 3.27. The monoisotopic (exact) mass is 274 g/mol. The summed E-state index contributed by atoms with van der Waals surface area (Å²) in [5.74, 6) is 0.966. The van der Waals surface area contributed by atoms with E-state index in [2.05, 4.69) is 21.7 Å². The van der Waals surface area contributed by atoms with Gasteiger partial charge in [-0.25, -0.2) is 4.98 Å². The van der Waals surface area contributed by atoms with Gasteiger partial charge in [-0.1, -0.05) is 0 Å². The number of fused-ring (bicyclic) bond motifs is 1. The van der Waals surface area contributed by atoms with Crippen molar-refractivity contribution in [2.24, 2.45) is 0 Å². The van der Waals surface area contributed by atoms with Crippen molar-refractivity contribution in [1.29, 1.82) is 5.26 Å². The molecule has 0 saturated heterocycles. The molecule has 1 saturated carbocycles. The van der Waals surface area contributed by atoms with Crippen molar-refractivity contribution in [1.82, 2.24) is 14.5 Å². The van der Waals surface area contributed by atoms with Crippen LogP contribution in [0.4, 0.5) is 0 Å². The first-order chi connectivity index (χ1) is 10.3. The minimum absolute atomic E-state index is 0.526. The fourth-order valence-electron chi connectivity index (χ4n) is 2.78. The highest BCUT2D eigenvalue weighted by Crippen LogP contribution is 2.41. The normalized spacial score (nSPS) is 14.3. The smallest absolute Gasteiger partial charge is 0.143 e. The van der Waals surface area contributed by atoms with Crippen LogP contribution in [0.3, 0.4) is 0 Å². The lowest BCUT2D eigenvalue weighted by molar-refractivity contribution is 0.774. The minimum atomic E-state index is 0.526. The van der Waals surface area contributed by atoms with Crippen LogP contribution >= 0.6 is 0 Å². The summed E-state index contributed by atoms with van der Waals surface area (Å²) in [6.45, 7) is 2.01. The number of hydrogen-bond acceptors (Lipinski definition) is 3. The van der Waals surface area contributed by atoms with Crippen molar-refractivity contribution in [2.75, 3.05) is 0 Å². The molecule has 1 fully saturated rings. The summed E-state index contributed by atoms with van der Waals surface area (Å²) in [7, 11) is 0. The maximum Gasteiger partial charge on any atom is 0.143 e. The van der Waals surface area contributed by atoms with Gasteiger partial charge in [-0.05, 0) is 50.1 Å². The molecular formula is C17H14N4. The van der Waals surface area contributed by atoms with E-state index in [9.17, 15) is 0 Å². The Kier molecular flexibility index (Phi) is 2.55. The van der Waals surface area contributed by atoms with Gasteiger partial charge in [0.2, 0.25) is 0 Å². The first kappa shape index (κ1) is 12.1. The number of hydrogen-bond donors (Lipinski definition) is 0. The first-order valence-corrected chi connectivity index (χ1v) is 7.12. The molecule has 0 aliphatic heterocycles. The molecule has 4 heteroatoms. The van der Waals surface area contributed by atoms with Crippen molar-refractivity contribution in [3.8, 4) is 17.5 Å². The van der Waals surface area contributed by atoms with E-state index >= 15 is 0 Å². The molecule has 1 aliphatic rings. The van der Waals surface area contributed by atoms with Crippen LogP contribution in [0.2, 0.25) is 0 Å². The Labute approximate surface area is 122 Å². The third kappa shape index (κ3) is 1.90. The minimum Gasteiger partial charge on any atom is -0.321 e. The van der Waals surface area contributed by atoms with Crippen LogP contribution < -0.4 is 0 Å². The molecule has 0 unspecified atom stereocenters. The van der Waals surface area contributed by atoms with Gasteiger partial charge in [0.05, 0.1) is 22.7 Å². The third-order valence-corrected chi connectivity index (χ3v) is 3.98. The molecule has 4 rings (SSSR count). The molecule has 0 amide bonds. The second-order valence-electron chi connectivity index (χ2n) is 5.49. The van der Waals surface area contributed by atoms with Gasteiger partial charge in [0.15, 0.2) is 0 Å². The molecule has 1 aromatic carbocycles. The number of aryl methyl sites for hydroxylation is 1. The lowest BCUT2D eigenvalue weighted by Gasteiger charge is -2.09. The van der Waals surface area contributed by atoms with Crippen molar-refractivity contribution >= 4 is 11.0 Å². The zero-order chi connectivity index (χ0) is 14.4. The summed E-state index contributed by atoms with van der Waals surface area (Å²) in [4.78, 5) is 9.16. The Morgan fingerprint density at radius 3 is 2.86 bits per heavy atom. The molecular weight excluding hydrogens is 260 g/mol. The third-order valence-electron chi connectivity index (χ3n) is 3.98. The van der Waals surface area contributed by atoms with E-state index in [0.717, 1.165) is 28.1 Å². The Balaban J connectivity index is 2.02. The summed E-state index contributed by atoms with van der Waals surface area (Å²) >= 11 is 0. The Morgan fingerprint density at radius 2 is 2.14 bits per heavy atom. The molecule has 0 radical (unpaired) electrons. The molecule has 0 spiro atoms. The Morgan fingerprint density at radius 1 is 1.29 bits per heavy atom. The van der Waals surface area contributed by atoms with E-state index in [1.807, 2.05) is 31.2 Å². The summed E-state index contributed by atoms with van der Waals surface area (Å²) < 4.78 is 2.31. The standard InChI is InChI=1S/C17H14N4/c1-11-14(3-2-8-19-11)17-20-15-9-12(10-18)4-7-16(15)21(17)13-5-6-13/h2-4,7-9,13H,5-6H2,1H3. The fraction of sp³-hybridized carbons (Fsp3) is 0.235. The van der Waals surface area contributed by atoms with E-state index in [0.29, 0.717) is 11.6 Å². The first-order valence-electron chi connectivity index (χ1n) is 7.12. The zero-order valence-electron chi connectivity index (χ0n) is 11.7. The van der Waals surface area contributed by atoms with Gasteiger partial charge < -0.3 is 4.57 Å². The predicted molar refractivity (Wildman–Crippen MR) is 80.7 cm³/mol. The van der Waals surface area contributed by atoms with Gasteiger partial charge in [-0.3, -0.25) is 4.98 Å². The van der Waals surface area contributed by atoms with Gasteiger partial charge in [-0.2, -0.15) is 5.26 Å². The summed E-state index contributed by atoms with van der Waals surface area (Å²) in [5, 5.41) is 9.06. The SMILES string of the molecule is Cc1ncccc1-c1nc2cc(C#N)ccc2n1C1CC1. The second-order valence-corrected chi connectivity index (χ2v) is 5.49. The molecule has 3 aromatic rings. The predicted octanol–water partition coefficient (Wildman–Crippen LogP) is 3.61.